The van der Waals surface area contributed by atoms with Gasteiger partial charge in [-0.2, -0.15) is 0 Å². The van der Waals surface area contributed by atoms with E-state index in [4.69, 9.17) is 4.74 Å². The quantitative estimate of drug-likeness (QED) is 0.856. The van der Waals surface area contributed by atoms with Crippen LogP contribution in [0.1, 0.15) is 57.2 Å². The van der Waals surface area contributed by atoms with E-state index in [1.807, 2.05) is 0 Å². The van der Waals surface area contributed by atoms with Crippen LogP contribution in [0.15, 0.2) is 18.2 Å². The summed E-state index contributed by atoms with van der Waals surface area (Å²) in [5, 5.41) is 3.61. The molecule has 0 amide bonds. The molecule has 1 aromatic carbocycles. The first-order valence-corrected chi connectivity index (χ1v) is 7.66. The first-order valence-electron chi connectivity index (χ1n) is 7.66. The van der Waals surface area contributed by atoms with Crippen LogP contribution in [0.4, 0.5) is 0 Å². The minimum Gasteiger partial charge on any atom is -0.490 e. The summed E-state index contributed by atoms with van der Waals surface area (Å²) in [5.74, 6) is 1.70. The zero-order valence-corrected chi connectivity index (χ0v) is 12.7. The topological polar surface area (TPSA) is 21.3 Å². The Kier molecular flexibility index (Phi) is 4.87. The van der Waals surface area contributed by atoms with E-state index in [-0.39, 0.29) is 0 Å². The summed E-state index contributed by atoms with van der Waals surface area (Å²) in [6.07, 6.45) is 3.91. The molecule has 1 aromatic rings. The maximum absolute atomic E-state index is 6.24. The van der Waals surface area contributed by atoms with Gasteiger partial charge in [-0.1, -0.05) is 44.9 Å². The van der Waals surface area contributed by atoms with Crippen LogP contribution >= 0.6 is 0 Å². The number of aryl methyl sites for hydroxylation is 1. The van der Waals surface area contributed by atoms with Gasteiger partial charge in [-0.15, -0.1) is 0 Å². The second-order valence-electron chi connectivity index (χ2n) is 5.81. The lowest BCUT2D eigenvalue weighted by atomic mass is 9.88. The molecule has 1 aliphatic rings. The first kappa shape index (κ1) is 14.4. The Morgan fingerprint density at radius 2 is 2.16 bits per heavy atom. The van der Waals surface area contributed by atoms with Gasteiger partial charge in [-0.05, 0) is 31.9 Å². The fourth-order valence-electron chi connectivity index (χ4n) is 3.05. The molecule has 19 heavy (non-hydrogen) atoms. The molecule has 0 spiro atoms. The van der Waals surface area contributed by atoms with Crippen molar-refractivity contribution in [3.05, 3.63) is 29.3 Å². The SMILES string of the molecule is CCCC(C)C1CC(NCC)c2cc(C)ccc2O1. The number of rotatable bonds is 5. The van der Waals surface area contributed by atoms with Crippen LogP contribution in [0.25, 0.3) is 0 Å². The predicted octanol–water partition coefficient (Wildman–Crippen LogP) is 4.23. The third-order valence-electron chi connectivity index (χ3n) is 4.12. The summed E-state index contributed by atoms with van der Waals surface area (Å²) in [5.41, 5.74) is 2.65. The molecule has 2 nitrogen and oxygen atoms in total. The van der Waals surface area contributed by atoms with Crippen molar-refractivity contribution in [3.8, 4) is 5.75 Å². The van der Waals surface area contributed by atoms with Gasteiger partial charge in [0.2, 0.25) is 0 Å². The number of fused-ring (bicyclic) bond motifs is 1. The molecule has 0 saturated carbocycles. The van der Waals surface area contributed by atoms with Crippen molar-refractivity contribution in [2.45, 2.75) is 59.1 Å². The predicted molar refractivity (Wildman–Crippen MR) is 80.7 cm³/mol. The standard InChI is InChI=1S/C17H27NO/c1-5-7-13(4)17-11-15(18-6-2)14-10-12(3)8-9-16(14)19-17/h8-10,13,15,17-18H,5-7,11H2,1-4H3. The molecule has 0 radical (unpaired) electrons. The van der Waals surface area contributed by atoms with Gasteiger partial charge < -0.3 is 10.1 Å². The highest BCUT2D eigenvalue weighted by atomic mass is 16.5. The van der Waals surface area contributed by atoms with Gasteiger partial charge in [0.25, 0.3) is 0 Å². The van der Waals surface area contributed by atoms with Gasteiger partial charge in [0, 0.05) is 18.0 Å². The smallest absolute Gasteiger partial charge is 0.124 e. The molecule has 0 bridgehead atoms. The maximum atomic E-state index is 6.24. The lowest BCUT2D eigenvalue weighted by Crippen LogP contribution is -2.36. The number of ether oxygens (including phenoxy) is 1. The van der Waals surface area contributed by atoms with E-state index in [0.29, 0.717) is 18.1 Å². The van der Waals surface area contributed by atoms with E-state index in [1.165, 1.54) is 24.0 Å². The van der Waals surface area contributed by atoms with Crippen LogP contribution < -0.4 is 10.1 Å². The molecule has 3 atom stereocenters. The molecule has 106 valence electrons. The highest BCUT2D eigenvalue weighted by molar-refractivity contribution is 5.41. The van der Waals surface area contributed by atoms with Crippen molar-refractivity contribution in [2.24, 2.45) is 5.92 Å². The molecule has 3 unspecified atom stereocenters. The lowest BCUT2D eigenvalue weighted by Gasteiger charge is -2.36. The van der Waals surface area contributed by atoms with E-state index in [9.17, 15) is 0 Å². The molecule has 0 aromatic heterocycles. The van der Waals surface area contributed by atoms with Crippen molar-refractivity contribution >= 4 is 0 Å². The fraction of sp³-hybridized carbons (Fsp3) is 0.647. The van der Waals surface area contributed by atoms with Crippen molar-refractivity contribution in [3.63, 3.8) is 0 Å². The number of nitrogens with one attached hydrogen (secondary N) is 1. The van der Waals surface area contributed by atoms with Crippen molar-refractivity contribution in [1.82, 2.24) is 5.32 Å². The fourth-order valence-corrected chi connectivity index (χ4v) is 3.05. The summed E-state index contributed by atoms with van der Waals surface area (Å²) in [7, 11) is 0. The Morgan fingerprint density at radius 1 is 1.37 bits per heavy atom. The van der Waals surface area contributed by atoms with Crippen LogP contribution in [0, 0.1) is 12.8 Å². The second-order valence-corrected chi connectivity index (χ2v) is 5.81. The minimum atomic E-state index is 0.346. The zero-order valence-electron chi connectivity index (χ0n) is 12.7. The van der Waals surface area contributed by atoms with Crippen molar-refractivity contribution in [2.75, 3.05) is 6.54 Å². The van der Waals surface area contributed by atoms with E-state index >= 15 is 0 Å². The molecule has 0 fully saturated rings. The van der Waals surface area contributed by atoms with Crippen molar-refractivity contribution < 1.29 is 4.74 Å². The Labute approximate surface area is 117 Å². The average Bonchev–Trinajstić information content (AvgIpc) is 2.39. The summed E-state index contributed by atoms with van der Waals surface area (Å²) in [6.45, 7) is 9.90. The van der Waals surface area contributed by atoms with Crippen LogP contribution in [0.5, 0.6) is 5.75 Å². The Hall–Kier alpha value is -1.02. The summed E-state index contributed by atoms with van der Waals surface area (Å²) in [4.78, 5) is 0. The van der Waals surface area contributed by atoms with Gasteiger partial charge in [0.15, 0.2) is 0 Å². The lowest BCUT2D eigenvalue weighted by molar-refractivity contribution is 0.0957. The van der Waals surface area contributed by atoms with Gasteiger partial charge in [0.1, 0.15) is 11.9 Å². The average molecular weight is 261 g/mol. The van der Waals surface area contributed by atoms with Gasteiger partial charge in [-0.3, -0.25) is 0 Å². The van der Waals surface area contributed by atoms with Crippen LogP contribution in [0.2, 0.25) is 0 Å². The van der Waals surface area contributed by atoms with Gasteiger partial charge >= 0.3 is 0 Å². The first-order chi connectivity index (χ1) is 9.15. The molecule has 2 heteroatoms. The number of benzene rings is 1. The molecule has 2 rings (SSSR count). The molecule has 0 aliphatic carbocycles. The highest BCUT2D eigenvalue weighted by Crippen LogP contribution is 2.38. The molecule has 1 N–H and O–H groups in total. The number of hydrogen-bond acceptors (Lipinski definition) is 2. The minimum absolute atomic E-state index is 0.346. The molecule has 1 aliphatic heterocycles. The van der Waals surface area contributed by atoms with Crippen molar-refractivity contribution in [1.29, 1.82) is 0 Å². The van der Waals surface area contributed by atoms with E-state index in [1.54, 1.807) is 0 Å². The Morgan fingerprint density at radius 3 is 2.84 bits per heavy atom. The van der Waals surface area contributed by atoms with Crippen LogP contribution in [-0.2, 0) is 0 Å². The highest BCUT2D eigenvalue weighted by Gasteiger charge is 2.30. The van der Waals surface area contributed by atoms with E-state index in [2.05, 4.69) is 51.2 Å². The molecular weight excluding hydrogens is 234 g/mol. The molecule has 0 saturated heterocycles. The van der Waals surface area contributed by atoms with Gasteiger partial charge in [-0.25, -0.2) is 0 Å². The maximum Gasteiger partial charge on any atom is 0.124 e. The third-order valence-corrected chi connectivity index (χ3v) is 4.12. The summed E-state index contributed by atoms with van der Waals surface area (Å²) in [6, 6.07) is 7.00. The Bertz CT molecular complexity index is 416. The normalized spacial score (nSPS) is 23.6. The largest absolute Gasteiger partial charge is 0.490 e. The monoisotopic (exact) mass is 261 g/mol. The summed E-state index contributed by atoms with van der Waals surface area (Å²) < 4.78 is 6.24. The van der Waals surface area contributed by atoms with Crippen LogP contribution in [-0.4, -0.2) is 12.6 Å². The Balaban J connectivity index is 2.22. The molecule has 1 heterocycles. The molecular formula is C17H27NO. The summed E-state index contributed by atoms with van der Waals surface area (Å²) >= 11 is 0. The third kappa shape index (κ3) is 3.30. The van der Waals surface area contributed by atoms with Crippen LogP contribution in [0.3, 0.4) is 0 Å². The number of hydrogen-bond donors (Lipinski definition) is 1. The van der Waals surface area contributed by atoms with E-state index < -0.39 is 0 Å². The second kappa shape index (κ2) is 6.42. The van der Waals surface area contributed by atoms with E-state index in [0.717, 1.165) is 18.7 Å². The van der Waals surface area contributed by atoms with Gasteiger partial charge in [0.05, 0.1) is 0 Å². The zero-order chi connectivity index (χ0) is 13.8.